The van der Waals surface area contributed by atoms with E-state index in [9.17, 15) is 4.79 Å². The van der Waals surface area contributed by atoms with Gasteiger partial charge in [-0.25, -0.2) is 0 Å². The Kier molecular flexibility index (Phi) is 5.84. The van der Waals surface area contributed by atoms with Crippen LogP contribution in [0, 0.1) is 0 Å². The zero-order valence-electron chi connectivity index (χ0n) is 10.5. The van der Waals surface area contributed by atoms with Crippen LogP contribution in [-0.2, 0) is 19.0 Å². The second-order valence-electron chi connectivity index (χ2n) is 4.26. The summed E-state index contributed by atoms with van der Waals surface area (Å²) in [7, 11) is 3.19. The molecule has 0 aliphatic carbocycles. The standard InChI is InChI=1S/C11H22N2O4/c1-15-9(6-12)5-10(14)13-7-11(16-2)3-4-17-8-11/h9H,3-8,12H2,1-2H3,(H,13,14). The van der Waals surface area contributed by atoms with Gasteiger partial charge in [0.2, 0.25) is 5.91 Å². The highest BCUT2D eigenvalue weighted by Crippen LogP contribution is 2.21. The van der Waals surface area contributed by atoms with Gasteiger partial charge >= 0.3 is 0 Å². The molecule has 1 amide bonds. The summed E-state index contributed by atoms with van der Waals surface area (Å²) in [5.74, 6) is -0.0781. The summed E-state index contributed by atoms with van der Waals surface area (Å²) in [6, 6.07) is 0. The second kappa shape index (κ2) is 6.90. The Morgan fingerprint density at radius 3 is 2.82 bits per heavy atom. The summed E-state index contributed by atoms with van der Waals surface area (Å²) >= 11 is 0. The first kappa shape index (κ1) is 14.4. The van der Waals surface area contributed by atoms with Gasteiger partial charge in [-0.3, -0.25) is 4.79 Å². The molecule has 17 heavy (non-hydrogen) atoms. The fraction of sp³-hybridized carbons (Fsp3) is 0.909. The van der Waals surface area contributed by atoms with E-state index in [1.165, 1.54) is 0 Å². The summed E-state index contributed by atoms with van der Waals surface area (Å²) < 4.78 is 15.7. The smallest absolute Gasteiger partial charge is 0.222 e. The van der Waals surface area contributed by atoms with Gasteiger partial charge in [0, 0.05) is 40.3 Å². The summed E-state index contributed by atoms with van der Waals surface area (Å²) in [4.78, 5) is 11.6. The molecule has 1 rings (SSSR count). The molecule has 0 aromatic rings. The normalized spacial score (nSPS) is 25.8. The minimum Gasteiger partial charge on any atom is -0.380 e. The third kappa shape index (κ3) is 4.23. The van der Waals surface area contributed by atoms with Gasteiger partial charge < -0.3 is 25.3 Å². The molecule has 0 aromatic carbocycles. The third-order valence-electron chi connectivity index (χ3n) is 3.12. The van der Waals surface area contributed by atoms with Crippen LogP contribution in [0.4, 0.5) is 0 Å². The summed E-state index contributed by atoms with van der Waals surface area (Å²) in [6.45, 7) is 1.99. The number of ether oxygens (including phenoxy) is 3. The van der Waals surface area contributed by atoms with Gasteiger partial charge in [0.05, 0.1) is 19.1 Å². The summed E-state index contributed by atoms with van der Waals surface area (Å²) in [5.41, 5.74) is 5.08. The number of amides is 1. The van der Waals surface area contributed by atoms with Gasteiger partial charge in [-0.15, -0.1) is 0 Å². The van der Waals surface area contributed by atoms with Crippen LogP contribution < -0.4 is 11.1 Å². The molecular weight excluding hydrogens is 224 g/mol. The lowest BCUT2D eigenvalue weighted by atomic mass is 10.0. The number of methoxy groups -OCH3 is 2. The Labute approximate surface area is 102 Å². The maximum absolute atomic E-state index is 11.6. The Bertz CT molecular complexity index is 238. The first-order valence-electron chi connectivity index (χ1n) is 5.78. The van der Waals surface area contributed by atoms with Crippen LogP contribution in [0.2, 0.25) is 0 Å². The van der Waals surface area contributed by atoms with Gasteiger partial charge in [-0.2, -0.15) is 0 Å². The van der Waals surface area contributed by atoms with Crippen molar-refractivity contribution in [2.45, 2.75) is 24.5 Å². The molecule has 1 heterocycles. The molecule has 6 heteroatoms. The molecule has 0 aromatic heterocycles. The van der Waals surface area contributed by atoms with Crippen LogP contribution in [0.3, 0.4) is 0 Å². The number of carbonyl (C=O) groups is 1. The largest absolute Gasteiger partial charge is 0.380 e. The topological polar surface area (TPSA) is 82.8 Å². The van der Waals surface area contributed by atoms with Crippen molar-refractivity contribution in [2.75, 3.05) is 40.5 Å². The van der Waals surface area contributed by atoms with Crippen LogP contribution in [0.5, 0.6) is 0 Å². The van der Waals surface area contributed by atoms with E-state index in [0.29, 0.717) is 26.3 Å². The van der Waals surface area contributed by atoms with Gasteiger partial charge in [0.25, 0.3) is 0 Å². The highest BCUT2D eigenvalue weighted by Gasteiger charge is 2.35. The maximum Gasteiger partial charge on any atom is 0.222 e. The van der Waals surface area contributed by atoms with Crippen molar-refractivity contribution in [3.8, 4) is 0 Å². The van der Waals surface area contributed by atoms with Gasteiger partial charge in [-0.1, -0.05) is 0 Å². The van der Waals surface area contributed by atoms with Gasteiger partial charge in [-0.05, 0) is 0 Å². The predicted molar refractivity (Wildman–Crippen MR) is 62.7 cm³/mol. The molecule has 3 N–H and O–H groups in total. The van der Waals surface area contributed by atoms with Crippen LogP contribution in [0.25, 0.3) is 0 Å². The van der Waals surface area contributed by atoms with Gasteiger partial charge in [0.1, 0.15) is 5.60 Å². The van der Waals surface area contributed by atoms with Crippen molar-refractivity contribution < 1.29 is 19.0 Å². The second-order valence-corrected chi connectivity index (χ2v) is 4.26. The fourth-order valence-electron chi connectivity index (χ4n) is 1.76. The average molecular weight is 246 g/mol. The van der Waals surface area contributed by atoms with Crippen molar-refractivity contribution in [3.05, 3.63) is 0 Å². The Morgan fingerprint density at radius 1 is 1.59 bits per heavy atom. The minimum absolute atomic E-state index is 0.0781. The van der Waals surface area contributed by atoms with Crippen molar-refractivity contribution in [3.63, 3.8) is 0 Å². The third-order valence-corrected chi connectivity index (χ3v) is 3.12. The Morgan fingerprint density at radius 2 is 2.35 bits per heavy atom. The van der Waals surface area contributed by atoms with Crippen molar-refractivity contribution in [1.29, 1.82) is 0 Å². The molecule has 1 saturated heterocycles. The van der Waals surface area contributed by atoms with E-state index in [4.69, 9.17) is 19.9 Å². The van der Waals surface area contributed by atoms with Gasteiger partial charge in [0.15, 0.2) is 0 Å². The first-order chi connectivity index (χ1) is 8.15. The molecular formula is C11H22N2O4. The fourth-order valence-corrected chi connectivity index (χ4v) is 1.76. The van der Waals surface area contributed by atoms with E-state index in [1.54, 1.807) is 14.2 Å². The lowest BCUT2D eigenvalue weighted by Crippen LogP contribution is -2.45. The quantitative estimate of drug-likeness (QED) is 0.619. The average Bonchev–Trinajstić information content (AvgIpc) is 2.83. The molecule has 0 spiro atoms. The predicted octanol–water partition coefficient (Wildman–Crippen LogP) is -0.728. The van der Waals surface area contributed by atoms with E-state index < -0.39 is 0 Å². The molecule has 0 radical (unpaired) electrons. The molecule has 0 saturated carbocycles. The number of hydrogen-bond acceptors (Lipinski definition) is 5. The molecule has 2 atom stereocenters. The van der Waals surface area contributed by atoms with Crippen molar-refractivity contribution >= 4 is 5.91 Å². The van der Waals surface area contributed by atoms with E-state index in [2.05, 4.69) is 5.32 Å². The molecule has 1 fully saturated rings. The van der Waals surface area contributed by atoms with Crippen molar-refractivity contribution in [2.24, 2.45) is 5.73 Å². The zero-order valence-corrected chi connectivity index (χ0v) is 10.5. The van der Waals surface area contributed by atoms with Crippen LogP contribution in [0.15, 0.2) is 0 Å². The van der Waals surface area contributed by atoms with Crippen LogP contribution >= 0.6 is 0 Å². The molecule has 1 aliphatic rings. The number of carbonyl (C=O) groups excluding carboxylic acids is 1. The summed E-state index contributed by atoms with van der Waals surface area (Å²) in [6.07, 6.45) is 0.843. The Hall–Kier alpha value is -0.690. The number of nitrogens with one attached hydrogen (secondary N) is 1. The molecule has 1 aliphatic heterocycles. The highest BCUT2D eigenvalue weighted by atomic mass is 16.5. The van der Waals surface area contributed by atoms with E-state index in [-0.39, 0.29) is 24.0 Å². The maximum atomic E-state index is 11.6. The monoisotopic (exact) mass is 246 g/mol. The zero-order chi connectivity index (χ0) is 12.7. The van der Waals surface area contributed by atoms with E-state index in [1.807, 2.05) is 0 Å². The molecule has 0 bridgehead atoms. The van der Waals surface area contributed by atoms with E-state index in [0.717, 1.165) is 6.42 Å². The van der Waals surface area contributed by atoms with Crippen LogP contribution in [0.1, 0.15) is 12.8 Å². The first-order valence-corrected chi connectivity index (χ1v) is 5.78. The summed E-state index contributed by atoms with van der Waals surface area (Å²) in [5, 5.41) is 2.84. The number of nitrogens with two attached hydrogens (primary N) is 1. The lowest BCUT2D eigenvalue weighted by molar-refractivity contribution is -0.125. The molecule has 100 valence electrons. The lowest BCUT2D eigenvalue weighted by Gasteiger charge is -2.26. The van der Waals surface area contributed by atoms with E-state index >= 15 is 0 Å². The SMILES string of the molecule is COC(CN)CC(=O)NCC1(OC)CCOC1. The highest BCUT2D eigenvalue weighted by molar-refractivity contribution is 5.76. The van der Waals surface area contributed by atoms with Crippen LogP contribution in [-0.4, -0.2) is 58.1 Å². The molecule has 6 nitrogen and oxygen atoms in total. The Balaban J connectivity index is 2.31. The number of rotatable bonds is 7. The molecule has 2 unspecified atom stereocenters. The van der Waals surface area contributed by atoms with Crippen molar-refractivity contribution in [1.82, 2.24) is 5.32 Å². The number of hydrogen-bond donors (Lipinski definition) is 2. The minimum atomic E-state index is -0.374.